The number of nitrogens with zero attached hydrogens (tertiary/aromatic N) is 1. The summed E-state index contributed by atoms with van der Waals surface area (Å²) in [4.78, 5) is 24.8. The largest absolute Gasteiger partial charge is 0.479 e. The lowest BCUT2D eigenvalue weighted by Gasteiger charge is -2.25. The molecule has 1 aromatic carbocycles. The predicted molar refractivity (Wildman–Crippen MR) is 72.5 cm³/mol. The van der Waals surface area contributed by atoms with Gasteiger partial charge in [-0.15, -0.1) is 0 Å². The minimum absolute atomic E-state index is 0.0566. The number of anilines is 2. The minimum Gasteiger partial charge on any atom is -0.479 e. The van der Waals surface area contributed by atoms with E-state index < -0.39 is 6.10 Å². The van der Waals surface area contributed by atoms with Gasteiger partial charge in [-0.25, -0.2) is 0 Å². The van der Waals surface area contributed by atoms with Gasteiger partial charge >= 0.3 is 0 Å². The normalized spacial score (nSPS) is 17.2. The smallest absolute Gasteiger partial charge is 0.265 e. The molecule has 1 aromatic rings. The second-order valence-electron chi connectivity index (χ2n) is 4.41. The van der Waals surface area contributed by atoms with Crippen LogP contribution in [0, 0.1) is 0 Å². The van der Waals surface area contributed by atoms with Crippen LogP contribution in [0.2, 0.25) is 0 Å². The van der Waals surface area contributed by atoms with Crippen molar-refractivity contribution in [1.29, 1.82) is 0 Å². The molecule has 1 unspecified atom stereocenters. The Kier molecular flexibility index (Phi) is 3.71. The number of hydrogen-bond acceptors (Lipinski definition) is 4. The summed E-state index contributed by atoms with van der Waals surface area (Å²) in [6.45, 7) is 1.95. The summed E-state index contributed by atoms with van der Waals surface area (Å²) in [5.41, 5.74) is 1.29. The Hall–Kier alpha value is -2.08. The number of benzene rings is 1. The highest BCUT2D eigenvalue weighted by atomic mass is 16.5. The van der Waals surface area contributed by atoms with Crippen molar-refractivity contribution >= 4 is 23.2 Å². The third kappa shape index (κ3) is 2.68. The van der Waals surface area contributed by atoms with Gasteiger partial charge < -0.3 is 20.3 Å². The topological polar surface area (TPSA) is 70.7 Å². The van der Waals surface area contributed by atoms with Gasteiger partial charge in [0.1, 0.15) is 5.75 Å². The van der Waals surface area contributed by atoms with Crippen molar-refractivity contribution < 1.29 is 14.3 Å². The van der Waals surface area contributed by atoms with E-state index in [0.717, 1.165) is 0 Å². The quantitative estimate of drug-likeness (QED) is 0.837. The van der Waals surface area contributed by atoms with Gasteiger partial charge in [0.05, 0.1) is 12.2 Å². The number of ether oxygens (including phenoxy) is 1. The molecule has 0 aromatic heterocycles. The molecule has 6 nitrogen and oxygen atoms in total. The molecular formula is C13H17N3O3. The molecule has 2 rings (SSSR count). The second kappa shape index (κ2) is 5.27. The summed E-state index contributed by atoms with van der Waals surface area (Å²) >= 11 is 0. The van der Waals surface area contributed by atoms with Crippen LogP contribution in [0.4, 0.5) is 11.4 Å². The summed E-state index contributed by atoms with van der Waals surface area (Å²) < 4.78 is 5.46. The first-order valence-corrected chi connectivity index (χ1v) is 6.05. The highest BCUT2D eigenvalue weighted by molar-refractivity contribution is 5.99. The highest BCUT2D eigenvalue weighted by Crippen LogP contribution is 2.33. The molecule has 0 spiro atoms. The fourth-order valence-electron chi connectivity index (χ4n) is 1.82. The van der Waals surface area contributed by atoms with Crippen molar-refractivity contribution in [2.24, 2.45) is 0 Å². The number of likely N-dealkylation sites (N-methyl/N-ethyl adjacent to an activating group) is 2. The van der Waals surface area contributed by atoms with Gasteiger partial charge in [-0.1, -0.05) is 0 Å². The summed E-state index contributed by atoms with van der Waals surface area (Å²) in [6.07, 6.45) is -0.498. The van der Waals surface area contributed by atoms with E-state index in [4.69, 9.17) is 4.74 Å². The molecule has 1 atom stereocenters. The Morgan fingerprint density at radius 2 is 2.26 bits per heavy atom. The van der Waals surface area contributed by atoms with Crippen molar-refractivity contribution in [2.75, 3.05) is 30.9 Å². The molecule has 1 aliphatic rings. The average Bonchev–Trinajstić information content (AvgIpc) is 2.39. The Labute approximate surface area is 111 Å². The third-order valence-corrected chi connectivity index (χ3v) is 2.98. The van der Waals surface area contributed by atoms with E-state index in [0.29, 0.717) is 17.1 Å². The summed E-state index contributed by atoms with van der Waals surface area (Å²) in [6, 6.07) is 5.27. The Balaban J connectivity index is 2.24. The standard InChI is InChI=1S/C13H17N3O3/c1-8-13(18)15-10-6-9(4-5-11(10)19-8)16(3)12(17)7-14-2/h4-6,8,14H,7H2,1-3H3,(H,15,18). The van der Waals surface area contributed by atoms with Crippen LogP contribution in [0.15, 0.2) is 18.2 Å². The second-order valence-corrected chi connectivity index (χ2v) is 4.41. The molecule has 0 bridgehead atoms. The van der Waals surface area contributed by atoms with E-state index in [2.05, 4.69) is 10.6 Å². The summed E-state index contributed by atoms with van der Waals surface area (Å²) in [5.74, 6) is 0.373. The number of amides is 2. The van der Waals surface area contributed by atoms with Crippen molar-refractivity contribution in [3.63, 3.8) is 0 Å². The first kappa shape index (κ1) is 13.4. The Bertz CT molecular complexity index is 516. The zero-order valence-electron chi connectivity index (χ0n) is 11.2. The molecule has 102 valence electrons. The fraction of sp³-hybridized carbons (Fsp3) is 0.385. The van der Waals surface area contributed by atoms with E-state index in [-0.39, 0.29) is 18.4 Å². The molecular weight excluding hydrogens is 246 g/mol. The van der Waals surface area contributed by atoms with Gasteiger partial charge in [0.2, 0.25) is 5.91 Å². The minimum atomic E-state index is -0.498. The predicted octanol–water partition coefficient (Wildman–Crippen LogP) is 0.588. The van der Waals surface area contributed by atoms with Crippen LogP contribution in [0.25, 0.3) is 0 Å². The van der Waals surface area contributed by atoms with Gasteiger partial charge in [-0.05, 0) is 32.2 Å². The van der Waals surface area contributed by atoms with E-state index >= 15 is 0 Å². The van der Waals surface area contributed by atoms with E-state index in [1.54, 1.807) is 39.2 Å². The Morgan fingerprint density at radius 3 is 2.95 bits per heavy atom. The fourth-order valence-corrected chi connectivity index (χ4v) is 1.82. The maximum absolute atomic E-state index is 11.8. The van der Waals surface area contributed by atoms with E-state index in [1.165, 1.54) is 4.90 Å². The van der Waals surface area contributed by atoms with Crippen LogP contribution < -0.4 is 20.3 Å². The van der Waals surface area contributed by atoms with Crippen LogP contribution in [0.5, 0.6) is 5.75 Å². The molecule has 1 heterocycles. The molecule has 0 aliphatic carbocycles. The lowest BCUT2D eigenvalue weighted by Crippen LogP contribution is -2.36. The molecule has 0 saturated carbocycles. The van der Waals surface area contributed by atoms with E-state index in [9.17, 15) is 9.59 Å². The first-order chi connectivity index (χ1) is 9.02. The molecule has 0 radical (unpaired) electrons. The van der Waals surface area contributed by atoms with Gasteiger partial charge in [-0.2, -0.15) is 0 Å². The average molecular weight is 263 g/mol. The number of rotatable bonds is 3. The van der Waals surface area contributed by atoms with Crippen LogP contribution in [-0.4, -0.2) is 38.6 Å². The zero-order valence-corrected chi connectivity index (χ0v) is 11.2. The van der Waals surface area contributed by atoms with Crippen LogP contribution >= 0.6 is 0 Å². The molecule has 2 N–H and O–H groups in total. The number of nitrogens with one attached hydrogen (secondary N) is 2. The lowest BCUT2D eigenvalue weighted by atomic mass is 10.2. The summed E-state index contributed by atoms with van der Waals surface area (Å²) in [5, 5.41) is 5.57. The van der Waals surface area contributed by atoms with Gasteiger partial charge in [-0.3, -0.25) is 9.59 Å². The van der Waals surface area contributed by atoms with E-state index in [1.807, 2.05) is 0 Å². The molecule has 19 heavy (non-hydrogen) atoms. The summed E-state index contributed by atoms with van der Waals surface area (Å²) in [7, 11) is 3.41. The maximum atomic E-state index is 11.8. The van der Waals surface area contributed by atoms with Crippen molar-refractivity contribution in [1.82, 2.24) is 5.32 Å². The van der Waals surface area contributed by atoms with Crippen LogP contribution in [0.3, 0.4) is 0 Å². The monoisotopic (exact) mass is 263 g/mol. The maximum Gasteiger partial charge on any atom is 0.265 e. The van der Waals surface area contributed by atoms with Crippen molar-refractivity contribution in [3.8, 4) is 5.75 Å². The van der Waals surface area contributed by atoms with Crippen molar-refractivity contribution in [2.45, 2.75) is 13.0 Å². The lowest BCUT2D eigenvalue weighted by molar-refractivity contribution is -0.122. The van der Waals surface area contributed by atoms with Crippen molar-refractivity contribution in [3.05, 3.63) is 18.2 Å². The van der Waals surface area contributed by atoms with Gasteiger partial charge in [0.15, 0.2) is 6.10 Å². The zero-order chi connectivity index (χ0) is 14.0. The van der Waals surface area contributed by atoms with Crippen LogP contribution in [-0.2, 0) is 9.59 Å². The molecule has 6 heteroatoms. The third-order valence-electron chi connectivity index (χ3n) is 2.98. The number of carbonyl (C=O) groups excluding carboxylic acids is 2. The highest BCUT2D eigenvalue weighted by Gasteiger charge is 2.24. The first-order valence-electron chi connectivity index (χ1n) is 6.05. The number of hydrogen-bond donors (Lipinski definition) is 2. The van der Waals surface area contributed by atoms with Gasteiger partial charge in [0.25, 0.3) is 5.91 Å². The SMILES string of the molecule is CNCC(=O)N(C)c1ccc2c(c1)NC(=O)C(C)O2. The molecule has 1 aliphatic heterocycles. The molecule has 0 saturated heterocycles. The molecule has 0 fully saturated rings. The Morgan fingerprint density at radius 1 is 1.53 bits per heavy atom. The number of fused-ring (bicyclic) bond motifs is 1. The van der Waals surface area contributed by atoms with Gasteiger partial charge in [0, 0.05) is 12.7 Å². The number of carbonyl (C=O) groups is 2. The van der Waals surface area contributed by atoms with Crippen LogP contribution in [0.1, 0.15) is 6.92 Å². The molecule has 2 amide bonds.